The van der Waals surface area contributed by atoms with E-state index in [9.17, 15) is 14.4 Å². The fourth-order valence-electron chi connectivity index (χ4n) is 3.69. The molecular formula is C23H19ClF2N6O. The number of halogens is 3. The van der Waals surface area contributed by atoms with Gasteiger partial charge >= 0.3 is 0 Å². The first-order chi connectivity index (χ1) is 15.8. The maximum absolute atomic E-state index is 15.0. The molecule has 0 amide bonds. The number of H-pyrrole nitrogens is 1. The van der Waals surface area contributed by atoms with Crippen molar-refractivity contribution in [2.75, 3.05) is 0 Å². The highest BCUT2D eigenvalue weighted by molar-refractivity contribution is 6.31. The number of nitrogens with one attached hydrogen (secondary N) is 1. The largest absolute Gasteiger partial charge is 0.325 e. The summed E-state index contributed by atoms with van der Waals surface area (Å²) in [5.74, 6) is 0. The van der Waals surface area contributed by atoms with Crippen molar-refractivity contribution in [1.29, 1.82) is 5.26 Å². The van der Waals surface area contributed by atoms with Crippen molar-refractivity contribution < 1.29 is 8.78 Å². The molecule has 0 aliphatic heterocycles. The summed E-state index contributed by atoms with van der Waals surface area (Å²) in [5.41, 5.74) is 6.14. The van der Waals surface area contributed by atoms with Gasteiger partial charge in [0, 0.05) is 30.1 Å². The second-order valence-corrected chi connectivity index (χ2v) is 8.15. The van der Waals surface area contributed by atoms with E-state index in [1.807, 2.05) is 6.07 Å². The summed E-state index contributed by atoms with van der Waals surface area (Å²) in [6.45, 7) is 0.130. The number of nitriles is 1. The van der Waals surface area contributed by atoms with Gasteiger partial charge in [0.05, 0.1) is 39.6 Å². The topological polar surface area (TPSA) is 113 Å². The molecule has 3 N–H and O–H groups in total. The predicted octanol–water partition coefficient (Wildman–Crippen LogP) is 4.17. The van der Waals surface area contributed by atoms with Crippen molar-refractivity contribution in [1.82, 2.24) is 20.0 Å². The molecule has 1 saturated carbocycles. The van der Waals surface area contributed by atoms with Gasteiger partial charge in [-0.2, -0.15) is 15.5 Å². The monoisotopic (exact) mass is 468 g/mol. The average molecular weight is 469 g/mol. The van der Waals surface area contributed by atoms with Crippen LogP contribution in [0.3, 0.4) is 0 Å². The second kappa shape index (κ2) is 8.73. The summed E-state index contributed by atoms with van der Waals surface area (Å²) >= 11 is 5.78. The lowest BCUT2D eigenvalue weighted by Gasteiger charge is -2.11. The van der Waals surface area contributed by atoms with Crippen molar-refractivity contribution in [2.24, 2.45) is 12.8 Å². The Morgan fingerprint density at radius 3 is 2.82 bits per heavy atom. The lowest BCUT2D eigenvalue weighted by atomic mass is 9.96. The van der Waals surface area contributed by atoms with Crippen LogP contribution in [-0.4, -0.2) is 25.6 Å². The van der Waals surface area contributed by atoms with Gasteiger partial charge < -0.3 is 5.73 Å². The lowest BCUT2D eigenvalue weighted by Crippen LogP contribution is -2.13. The minimum absolute atomic E-state index is 0.0152. The zero-order valence-electron chi connectivity index (χ0n) is 17.6. The van der Waals surface area contributed by atoms with E-state index in [-0.39, 0.29) is 47.5 Å². The van der Waals surface area contributed by atoms with E-state index in [0.717, 1.165) is 6.08 Å². The number of rotatable bonds is 6. The van der Waals surface area contributed by atoms with Crippen molar-refractivity contribution >= 4 is 28.4 Å². The van der Waals surface area contributed by atoms with E-state index in [1.54, 1.807) is 36.1 Å². The standard InChI is InChI=1S/C23H19ClF2N6O/c1-32-21(7-14(10-27)19(8-15(24)9-25)23(26)4-5-23)18(12-29-32)13-2-3-16-17(6-13)20(11-28)30-31-22(16)33/h2-3,6-9,12H,4-5,11,28H2,1H3,(H,31,33)/b14-7+,15-9-,19-8+. The third-order valence-electron chi connectivity index (χ3n) is 5.61. The van der Waals surface area contributed by atoms with Gasteiger partial charge in [0.15, 0.2) is 0 Å². The summed E-state index contributed by atoms with van der Waals surface area (Å²) in [5, 5.41) is 21.2. The molecule has 10 heteroatoms. The molecule has 2 aromatic heterocycles. The Hall–Kier alpha value is -3.61. The Labute approximate surface area is 192 Å². The smallest absolute Gasteiger partial charge is 0.272 e. The fourth-order valence-corrected chi connectivity index (χ4v) is 3.80. The third kappa shape index (κ3) is 4.23. The number of hydrogen-bond acceptors (Lipinski definition) is 5. The molecular weight excluding hydrogens is 450 g/mol. The van der Waals surface area contributed by atoms with Gasteiger partial charge in [-0.15, -0.1) is 0 Å². The first-order valence-electron chi connectivity index (χ1n) is 10.0. The maximum Gasteiger partial charge on any atom is 0.272 e. The zero-order valence-corrected chi connectivity index (χ0v) is 18.3. The number of aromatic nitrogens is 4. The molecule has 2 heterocycles. The summed E-state index contributed by atoms with van der Waals surface area (Å²) in [6.07, 6.45) is 4.84. The molecule has 0 bridgehead atoms. The summed E-state index contributed by atoms with van der Waals surface area (Å²) in [6, 6.07) is 7.19. The van der Waals surface area contributed by atoms with E-state index >= 15 is 4.39 Å². The quantitative estimate of drug-likeness (QED) is 0.416. The maximum atomic E-state index is 15.0. The third-order valence-corrected chi connectivity index (χ3v) is 5.80. The number of nitrogens with two attached hydrogens (primary N) is 1. The second-order valence-electron chi connectivity index (χ2n) is 7.72. The van der Waals surface area contributed by atoms with Gasteiger partial charge in [-0.25, -0.2) is 13.9 Å². The normalized spacial score (nSPS) is 16.2. The van der Waals surface area contributed by atoms with Crippen molar-refractivity contribution in [3.8, 4) is 17.2 Å². The van der Waals surface area contributed by atoms with Crippen LogP contribution in [0.1, 0.15) is 24.2 Å². The summed E-state index contributed by atoms with van der Waals surface area (Å²) < 4.78 is 29.4. The number of nitrogens with zero attached hydrogens (tertiary/aromatic N) is 4. The number of benzene rings is 1. The van der Waals surface area contributed by atoms with E-state index in [4.69, 9.17) is 17.3 Å². The van der Waals surface area contributed by atoms with Crippen LogP contribution in [0, 0.1) is 11.3 Å². The van der Waals surface area contributed by atoms with E-state index in [2.05, 4.69) is 15.3 Å². The number of aryl methyl sites for hydroxylation is 1. The molecule has 0 radical (unpaired) electrons. The van der Waals surface area contributed by atoms with Crippen LogP contribution in [0.25, 0.3) is 28.0 Å². The minimum atomic E-state index is -1.73. The van der Waals surface area contributed by atoms with Gasteiger partial charge in [0.1, 0.15) is 12.0 Å². The molecule has 7 nitrogen and oxygen atoms in total. The molecule has 1 aromatic carbocycles. The first-order valence-corrected chi connectivity index (χ1v) is 10.4. The highest BCUT2D eigenvalue weighted by atomic mass is 35.5. The molecule has 168 valence electrons. The van der Waals surface area contributed by atoms with Crippen molar-refractivity contribution in [3.63, 3.8) is 0 Å². The predicted molar refractivity (Wildman–Crippen MR) is 122 cm³/mol. The molecule has 33 heavy (non-hydrogen) atoms. The Morgan fingerprint density at radius 1 is 1.42 bits per heavy atom. The molecule has 0 unspecified atom stereocenters. The minimum Gasteiger partial charge on any atom is -0.325 e. The average Bonchev–Trinajstić information content (AvgIpc) is 3.47. The number of allylic oxidation sites excluding steroid dienone is 4. The Balaban J connectivity index is 1.88. The molecule has 1 aliphatic carbocycles. The van der Waals surface area contributed by atoms with E-state index in [0.29, 0.717) is 33.3 Å². The molecule has 1 aliphatic rings. The molecule has 0 spiro atoms. The highest BCUT2D eigenvalue weighted by Gasteiger charge is 2.48. The van der Waals surface area contributed by atoms with Crippen LogP contribution >= 0.6 is 11.6 Å². The van der Waals surface area contributed by atoms with Crippen LogP contribution in [-0.2, 0) is 13.6 Å². The van der Waals surface area contributed by atoms with E-state index in [1.165, 1.54) is 6.08 Å². The Kier molecular flexibility index (Phi) is 5.97. The number of aromatic amines is 1. The first kappa shape index (κ1) is 22.6. The van der Waals surface area contributed by atoms with Crippen LogP contribution in [0.2, 0.25) is 0 Å². The van der Waals surface area contributed by atoms with Crippen molar-refractivity contribution in [3.05, 3.63) is 74.7 Å². The van der Waals surface area contributed by atoms with Crippen molar-refractivity contribution in [2.45, 2.75) is 25.1 Å². The van der Waals surface area contributed by atoms with Crippen LogP contribution < -0.4 is 11.3 Å². The van der Waals surface area contributed by atoms with E-state index < -0.39 is 5.67 Å². The molecule has 1 fully saturated rings. The highest BCUT2D eigenvalue weighted by Crippen LogP contribution is 2.49. The van der Waals surface area contributed by atoms with Crippen LogP contribution in [0.15, 0.2) is 57.8 Å². The molecule has 3 aromatic rings. The Morgan fingerprint density at radius 2 is 2.18 bits per heavy atom. The van der Waals surface area contributed by atoms with Gasteiger partial charge in [0.25, 0.3) is 5.56 Å². The molecule has 4 rings (SSSR count). The number of hydrogen-bond donors (Lipinski definition) is 2. The van der Waals surface area contributed by atoms with Crippen LogP contribution in [0.5, 0.6) is 0 Å². The summed E-state index contributed by atoms with van der Waals surface area (Å²) in [4.78, 5) is 12.1. The molecule has 0 atom stereocenters. The lowest BCUT2D eigenvalue weighted by molar-refractivity contribution is 0.365. The molecule has 0 saturated heterocycles. The van der Waals surface area contributed by atoms with Gasteiger partial charge in [-0.05, 0) is 42.7 Å². The zero-order chi connectivity index (χ0) is 23.8. The van der Waals surface area contributed by atoms with Gasteiger partial charge in [-0.3, -0.25) is 9.48 Å². The van der Waals surface area contributed by atoms with Gasteiger partial charge in [-0.1, -0.05) is 17.7 Å². The number of fused-ring (bicyclic) bond motifs is 1. The fraction of sp³-hybridized carbons (Fsp3) is 0.217. The van der Waals surface area contributed by atoms with Crippen LogP contribution in [0.4, 0.5) is 8.78 Å². The Bertz CT molecular complexity index is 1440. The number of alkyl halides is 1. The summed E-state index contributed by atoms with van der Waals surface area (Å²) in [7, 11) is 1.68. The SMILES string of the molecule is Cn1ncc(-c2ccc3c(=O)[nH]nc(CN)c3c2)c1/C=C(C#N)/C(=C\C(Cl)=C\F)C1(F)CC1. The van der Waals surface area contributed by atoms with Gasteiger partial charge in [0.2, 0.25) is 0 Å².